The van der Waals surface area contributed by atoms with Crippen molar-refractivity contribution in [2.45, 2.75) is 38.8 Å². The molecule has 0 fully saturated rings. The Labute approximate surface area is 110 Å². The van der Waals surface area contributed by atoms with Crippen LogP contribution in [0.25, 0.3) is 0 Å². The monoisotopic (exact) mass is 260 g/mol. The van der Waals surface area contributed by atoms with Crippen molar-refractivity contribution in [3.8, 4) is 0 Å². The average Bonchev–Trinajstić information content (AvgIpc) is 3.02. The van der Waals surface area contributed by atoms with Crippen LogP contribution in [-0.2, 0) is 19.5 Å². The van der Waals surface area contributed by atoms with Crippen molar-refractivity contribution in [1.29, 1.82) is 0 Å². The van der Waals surface area contributed by atoms with Crippen LogP contribution in [-0.4, -0.2) is 20.7 Å². The van der Waals surface area contributed by atoms with E-state index in [1.807, 2.05) is 0 Å². The Bertz CT molecular complexity index is 559. The van der Waals surface area contributed by atoms with Crippen LogP contribution in [0.2, 0.25) is 0 Å². The number of amides is 1. The topological polar surface area (TPSA) is 73.0 Å². The molecule has 2 aromatic rings. The van der Waals surface area contributed by atoms with Gasteiger partial charge in [-0.2, -0.15) is 0 Å². The molecule has 0 aliphatic carbocycles. The molecule has 6 heteroatoms. The summed E-state index contributed by atoms with van der Waals surface area (Å²) in [5, 5.41) is 11.2. The average molecular weight is 260 g/mol. The first kappa shape index (κ1) is 12.0. The Balaban J connectivity index is 1.67. The van der Waals surface area contributed by atoms with Gasteiger partial charge in [-0.1, -0.05) is 6.42 Å². The van der Waals surface area contributed by atoms with Gasteiger partial charge in [0, 0.05) is 13.0 Å². The summed E-state index contributed by atoms with van der Waals surface area (Å²) >= 11 is 0. The molecule has 3 rings (SSSR count). The quantitative estimate of drug-likeness (QED) is 0.908. The van der Waals surface area contributed by atoms with Gasteiger partial charge >= 0.3 is 0 Å². The van der Waals surface area contributed by atoms with E-state index in [4.69, 9.17) is 4.42 Å². The molecule has 1 N–H and O–H groups in total. The van der Waals surface area contributed by atoms with Gasteiger partial charge in [0.2, 0.25) is 0 Å². The lowest BCUT2D eigenvalue weighted by molar-refractivity contribution is 0.0921. The number of hydrogen-bond donors (Lipinski definition) is 1. The van der Waals surface area contributed by atoms with E-state index in [0.717, 1.165) is 37.5 Å². The maximum Gasteiger partial charge on any atom is 0.287 e. The summed E-state index contributed by atoms with van der Waals surface area (Å²) < 4.78 is 7.16. The Morgan fingerprint density at radius 2 is 2.32 bits per heavy atom. The number of carbonyl (C=O) groups excluding carboxylic acids is 1. The lowest BCUT2D eigenvalue weighted by atomic mass is 10.2. The molecule has 0 atom stereocenters. The maximum atomic E-state index is 11.8. The molecule has 0 unspecified atom stereocenters. The molecular formula is C13H16N4O2. The van der Waals surface area contributed by atoms with Gasteiger partial charge in [0.05, 0.1) is 12.8 Å². The molecular weight excluding hydrogens is 244 g/mol. The van der Waals surface area contributed by atoms with Crippen molar-refractivity contribution in [3.63, 3.8) is 0 Å². The third kappa shape index (κ3) is 2.52. The van der Waals surface area contributed by atoms with Crippen LogP contribution in [0.15, 0.2) is 22.8 Å². The van der Waals surface area contributed by atoms with Crippen molar-refractivity contribution in [3.05, 3.63) is 35.8 Å². The second kappa shape index (κ2) is 5.26. The first-order chi connectivity index (χ1) is 9.34. The highest BCUT2D eigenvalue weighted by Gasteiger charge is 2.15. The van der Waals surface area contributed by atoms with E-state index in [2.05, 4.69) is 20.1 Å². The third-order valence-corrected chi connectivity index (χ3v) is 3.34. The zero-order valence-electron chi connectivity index (χ0n) is 10.6. The molecule has 0 saturated carbocycles. The molecule has 1 aliphatic heterocycles. The molecule has 0 radical (unpaired) electrons. The minimum absolute atomic E-state index is 0.226. The molecule has 3 heterocycles. The number of aryl methyl sites for hydroxylation is 1. The van der Waals surface area contributed by atoms with E-state index in [9.17, 15) is 4.79 Å². The molecule has 1 aliphatic rings. The number of nitrogens with one attached hydrogen (secondary N) is 1. The predicted octanol–water partition coefficient (Wildman–Crippen LogP) is 1.53. The second-order valence-corrected chi connectivity index (χ2v) is 4.65. The number of fused-ring (bicyclic) bond motifs is 1. The summed E-state index contributed by atoms with van der Waals surface area (Å²) in [5.74, 6) is 1.93. The highest BCUT2D eigenvalue weighted by atomic mass is 16.3. The van der Waals surface area contributed by atoms with E-state index >= 15 is 0 Å². The van der Waals surface area contributed by atoms with Crippen LogP contribution >= 0.6 is 0 Å². The molecule has 100 valence electrons. The molecule has 2 aromatic heterocycles. The molecule has 1 amide bonds. The first-order valence-electron chi connectivity index (χ1n) is 6.57. The van der Waals surface area contributed by atoms with E-state index in [-0.39, 0.29) is 5.91 Å². The standard InChI is InChI=1S/C13H16N4O2/c18-13(10-5-4-8-19-10)14-9-12-16-15-11-6-2-1-3-7-17(11)12/h4-5,8H,1-3,6-7,9H2,(H,14,18). The molecule has 0 saturated heterocycles. The molecule has 19 heavy (non-hydrogen) atoms. The fourth-order valence-corrected chi connectivity index (χ4v) is 2.33. The van der Waals surface area contributed by atoms with Gasteiger partial charge in [0.1, 0.15) is 5.82 Å². The zero-order valence-corrected chi connectivity index (χ0v) is 10.6. The van der Waals surface area contributed by atoms with Crippen LogP contribution in [0.1, 0.15) is 41.5 Å². The van der Waals surface area contributed by atoms with E-state index in [0.29, 0.717) is 12.3 Å². The van der Waals surface area contributed by atoms with Gasteiger partial charge in [-0.25, -0.2) is 0 Å². The number of hydrogen-bond acceptors (Lipinski definition) is 4. The summed E-state index contributed by atoms with van der Waals surface area (Å²) in [4.78, 5) is 11.8. The van der Waals surface area contributed by atoms with Gasteiger partial charge in [-0.15, -0.1) is 10.2 Å². The number of carbonyl (C=O) groups is 1. The van der Waals surface area contributed by atoms with Gasteiger partial charge in [-0.05, 0) is 25.0 Å². The highest BCUT2D eigenvalue weighted by molar-refractivity contribution is 5.91. The van der Waals surface area contributed by atoms with Gasteiger partial charge in [0.15, 0.2) is 11.6 Å². The maximum absolute atomic E-state index is 11.8. The molecule has 0 spiro atoms. The number of rotatable bonds is 3. The minimum Gasteiger partial charge on any atom is -0.459 e. The summed E-state index contributed by atoms with van der Waals surface area (Å²) in [7, 11) is 0. The normalized spacial score (nSPS) is 14.7. The van der Waals surface area contributed by atoms with Crippen LogP contribution in [0.5, 0.6) is 0 Å². The summed E-state index contributed by atoms with van der Waals surface area (Å²) in [6.07, 6.45) is 5.99. The smallest absolute Gasteiger partial charge is 0.287 e. The number of furan rings is 1. The fourth-order valence-electron chi connectivity index (χ4n) is 2.33. The predicted molar refractivity (Wildman–Crippen MR) is 67.5 cm³/mol. The Kier molecular flexibility index (Phi) is 3.31. The Morgan fingerprint density at radius 3 is 3.16 bits per heavy atom. The lowest BCUT2D eigenvalue weighted by Gasteiger charge is -2.07. The first-order valence-corrected chi connectivity index (χ1v) is 6.57. The van der Waals surface area contributed by atoms with Crippen molar-refractivity contribution in [2.24, 2.45) is 0 Å². The molecule has 0 aromatic carbocycles. The van der Waals surface area contributed by atoms with Crippen molar-refractivity contribution in [1.82, 2.24) is 20.1 Å². The fraction of sp³-hybridized carbons (Fsp3) is 0.462. The third-order valence-electron chi connectivity index (χ3n) is 3.34. The van der Waals surface area contributed by atoms with Crippen LogP contribution in [0.4, 0.5) is 0 Å². The summed E-state index contributed by atoms with van der Waals surface area (Å²) in [6, 6.07) is 3.33. The zero-order chi connectivity index (χ0) is 13.1. The van der Waals surface area contributed by atoms with Crippen molar-refractivity contribution >= 4 is 5.91 Å². The largest absolute Gasteiger partial charge is 0.459 e. The Morgan fingerprint density at radius 1 is 1.37 bits per heavy atom. The van der Waals surface area contributed by atoms with Crippen molar-refractivity contribution < 1.29 is 9.21 Å². The van der Waals surface area contributed by atoms with Crippen LogP contribution < -0.4 is 5.32 Å². The number of nitrogens with zero attached hydrogens (tertiary/aromatic N) is 3. The highest BCUT2D eigenvalue weighted by Crippen LogP contribution is 2.14. The van der Waals surface area contributed by atoms with E-state index < -0.39 is 0 Å². The Hall–Kier alpha value is -2.11. The lowest BCUT2D eigenvalue weighted by Crippen LogP contribution is -2.24. The summed E-state index contributed by atoms with van der Waals surface area (Å²) in [6.45, 7) is 1.32. The summed E-state index contributed by atoms with van der Waals surface area (Å²) in [5.41, 5.74) is 0. The molecule has 0 bridgehead atoms. The van der Waals surface area contributed by atoms with E-state index in [1.54, 1.807) is 12.1 Å². The van der Waals surface area contributed by atoms with Gasteiger partial charge < -0.3 is 14.3 Å². The number of aromatic nitrogens is 3. The van der Waals surface area contributed by atoms with E-state index in [1.165, 1.54) is 12.7 Å². The second-order valence-electron chi connectivity index (χ2n) is 4.65. The van der Waals surface area contributed by atoms with Gasteiger partial charge in [-0.3, -0.25) is 4.79 Å². The van der Waals surface area contributed by atoms with Gasteiger partial charge in [0.25, 0.3) is 5.91 Å². The molecule has 6 nitrogen and oxygen atoms in total. The van der Waals surface area contributed by atoms with Crippen molar-refractivity contribution in [2.75, 3.05) is 0 Å². The van der Waals surface area contributed by atoms with Crippen LogP contribution in [0, 0.1) is 0 Å². The van der Waals surface area contributed by atoms with Crippen LogP contribution in [0.3, 0.4) is 0 Å². The minimum atomic E-state index is -0.226. The SMILES string of the molecule is O=C(NCc1nnc2n1CCCCC2)c1ccco1.